The second-order valence-electron chi connectivity index (χ2n) is 11.6. The molecule has 8 aromatic carbocycles. The van der Waals surface area contributed by atoms with E-state index in [1.54, 1.807) is 0 Å². The van der Waals surface area contributed by atoms with Gasteiger partial charge in [-0.25, -0.2) is 0 Å². The predicted molar refractivity (Wildman–Crippen MR) is 196 cm³/mol. The van der Waals surface area contributed by atoms with Crippen LogP contribution in [0.15, 0.2) is 146 Å². The fourth-order valence-electron chi connectivity index (χ4n) is 7.33. The summed E-state index contributed by atoms with van der Waals surface area (Å²) in [4.78, 5) is 0. The normalized spacial score (nSPS) is 12.1. The minimum absolute atomic E-state index is 1.26. The summed E-state index contributed by atoms with van der Waals surface area (Å²) in [5.74, 6) is 0. The molecule has 2 aromatic heterocycles. The molecule has 0 aliphatic heterocycles. The molecule has 0 unspecified atom stereocenters. The molecule has 10 aromatic rings. The van der Waals surface area contributed by atoms with E-state index in [0.717, 1.165) is 0 Å². The summed E-state index contributed by atoms with van der Waals surface area (Å²) in [7, 11) is 0. The third-order valence-electron chi connectivity index (χ3n) is 9.24. The van der Waals surface area contributed by atoms with Crippen molar-refractivity contribution < 1.29 is 0 Å². The highest BCUT2D eigenvalue weighted by molar-refractivity contribution is 7.30. The van der Waals surface area contributed by atoms with Crippen LogP contribution in [0.1, 0.15) is 0 Å². The zero-order valence-corrected chi connectivity index (χ0v) is 25.3. The third-order valence-corrected chi connectivity index (χ3v) is 11.7. The molecule has 204 valence electrons. The number of benzene rings is 8. The number of thiophene rings is 2. The third kappa shape index (κ3) is 3.38. The molecule has 2 heterocycles. The van der Waals surface area contributed by atoms with Gasteiger partial charge >= 0.3 is 0 Å². The summed E-state index contributed by atoms with van der Waals surface area (Å²) in [5.41, 5.74) is 5.14. The summed E-state index contributed by atoms with van der Waals surface area (Å²) < 4.78 is 5.49. The number of hydrogen-bond donors (Lipinski definition) is 0. The van der Waals surface area contributed by atoms with Crippen LogP contribution < -0.4 is 0 Å². The first-order valence-corrected chi connectivity index (χ1v) is 16.7. The lowest BCUT2D eigenvalue weighted by Crippen LogP contribution is -1.90. The molecule has 0 N–H and O–H groups in total. The predicted octanol–water partition coefficient (Wildman–Crippen LogP) is 13.2. The van der Waals surface area contributed by atoms with Gasteiger partial charge in [0.15, 0.2) is 0 Å². The van der Waals surface area contributed by atoms with Crippen LogP contribution in [0.25, 0.3) is 94.9 Å². The Balaban J connectivity index is 1.28. The van der Waals surface area contributed by atoms with Gasteiger partial charge in [-0.05, 0) is 72.8 Å². The van der Waals surface area contributed by atoms with Crippen LogP contribution in [0, 0.1) is 0 Å². The summed E-state index contributed by atoms with van der Waals surface area (Å²) in [5, 5.41) is 13.3. The van der Waals surface area contributed by atoms with Crippen LogP contribution in [0.5, 0.6) is 0 Å². The van der Waals surface area contributed by atoms with Gasteiger partial charge in [-0.3, -0.25) is 0 Å². The molecule has 0 radical (unpaired) electrons. The zero-order valence-electron chi connectivity index (χ0n) is 23.7. The van der Waals surface area contributed by atoms with Crippen LogP contribution in [0.3, 0.4) is 0 Å². The molecule has 0 fully saturated rings. The van der Waals surface area contributed by atoms with Crippen molar-refractivity contribution >= 4 is 95.3 Å². The van der Waals surface area contributed by atoms with Crippen molar-refractivity contribution in [3.8, 4) is 22.3 Å². The molecule has 0 atom stereocenters. The van der Waals surface area contributed by atoms with Gasteiger partial charge in [0.1, 0.15) is 0 Å². The maximum absolute atomic E-state index is 2.44. The maximum atomic E-state index is 2.44. The Bertz CT molecular complexity index is 2700. The zero-order chi connectivity index (χ0) is 28.8. The van der Waals surface area contributed by atoms with E-state index in [4.69, 9.17) is 0 Å². The lowest BCUT2D eigenvalue weighted by molar-refractivity contribution is 1.66. The van der Waals surface area contributed by atoms with Crippen molar-refractivity contribution in [3.05, 3.63) is 146 Å². The first-order valence-electron chi connectivity index (χ1n) is 15.0. The molecule has 0 bridgehead atoms. The molecular weight excluding hydrogens is 569 g/mol. The van der Waals surface area contributed by atoms with Crippen LogP contribution in [-0.2, 0) is 0 Å². The van der Waals surface area contributed by atoms with E-state index in [-0.39, 0.29) is 0 Å². The molecular formula is C42H24S2. The van der Waals surface area contributed by atoms with Crippen LogP contribution in [0.2, 0.25) is 0 Å². The molecule has 0 amide bonds. The van der Waals surface area contributed by atoms with E-state index in [0.29, 0.717) is 0 Å². The Morgan fingerprint density at radius 1 is 0.318 bits per heavy atom. The lowest BCUT2D eigenvalue weighted by atomic mass is 9.86. The van der Waals surface area contributed by atoms with Gasteiger partial charge in [-0.15, -0.1) is 22.7 Å². The number of hydrogen-bond acceptors (Lipinski definition) is 2. The molecule has 10 rings (SSSR count). The summed E-state index contributed by atoms with van der Waals surface area (Å²) in [6.45, 7) is 0. The van der Waals surface area contributed by atoms with Crippen molar-refractivity contribution in [1.82, 2.24) is 0 Å². The first kappa shape index (κ1) is 24.4. The molecule has 0 aliphatic carbocycles. The summed E-state index contributed by atoms with van der Waals surface area (Å²) in [6, 6.07) is 53.9. The largest absolute Gasteiger partial charge is 0.134 e. The van der Waals surface area contributed by atoms with Gasteiger partial charge in [0.05, 0.1) is 0 Å². The van der Waals surface area contributed by atoms with Crippen molar-refractivity contribution in [2.45, 2.75) is 0 Å². The number of rotatable bonds is 2. The minimum Gasteiger partial charge on any atom is -0.134 e. The highest BCUT2D eigenvalue weighted by atomic mass is 32.1. The summed E-state index contributed by atoms with van der Waals surface area (Å²) in [6.07, 6.45) is 0. The highest BCUT2D eigenvalue weighted by Gasteiger charge is 2.19. The molecule has 44 heavy (non-hydrogen) atoms. The molecule has 0 spiro atoms. The van der Waals surface area contributed by atoms with E-state index in [1.165, 1.54) is 94.9 Å². The first-order chi connectivity index (χ1) is 21.8. The van der Waals surface area contributed by atoms with Crippen molar-refractivity contribution in [3.63, 3.8) is 0 Å². The van der Waals surface area contributed by atoms with Gasteiger partial charge in [-0.1, -0.05) is 127 Å². The van der Waals surface area contributed by atoms with Gasteiger partial charge in [0.25, 0.3) is 0 Å². The lowest BCUT2D eigenvalue weighted by Gasteiger charge is -2.17. The van der Waals surface area contributed by atoms with E-state index in [9.17, 15) is 0 Å². The molecule has 2 heteroatoms. The van der Waals surface area contributed by atoms with Gasteiger partial charge < -0.3 is 0 Å². The van der Waals surface area contributed by atoms with Gasteiger partial charge in [0.2, 0.25) is 0 Å². The molecule has 0 saturated heterocycles. The molecule has 0 nitrogen and oxygen atoms in total. The van der Waals surface area contributed by atoms with Gasteiger partial charge in [0, 0.05) is 40.3 Å². The minimum atomic E-state index is 1.26. The van der Waals surface area contributed by atoms with Crippen LogP contribution in [0.4, 0.5) is 0 Å². The van der Waals surface area contributed by atoms with E-state index < -0.39 is 0 Å². The Kier molecular flexibility index (Phi) is 5.13. The average molecular weight is 593 g/mol. The van der Waals surface area contributed by atoms with Crippen molar-refractivity contribution in [2.24, 2.45) is 0 Å². The molecule has 0 saturated carbocycles. The quantitative estimate of drug-likeness (QED) is 0.175. The smallest absolute Gasteiger partial charge is 0.0448 e. The topological polar surface area (TPSA) is 0 Å². The standard InChI is InChI=1S/C42H24S2/c1-2-11-26(12-3-1)38-29-14-6-8-16-31(29)39(32-17-9-7-15-30(32)38)27-19-22-36-35(24-27)33-21-23-37-40(42(33)43-36)34-20-18-25-10-4-5-13-28(25)41(34)44-37/h1-24H. The Labute approximate surface area is 262 Å². The summed E-state index contributed by atoms with van der Waals surface area (Å²) >= 11 is 3.86. The number of fused-ring (bicyclic) bond motifs is 11. The maximum Gasteiger partial charge on any atom is 0.0448 e. The van der Waals surface area contributed by atoms with E-state index in [1.807, 2.05) is 22.7 Å². The van der Waals surface area contributed by atoms with Crippen LogP contribution in [-0.4, -0.2) is 0 Å². The Morgan fingerprint density at radius 3 is 1.61 bits per heavy atom. The second kappa shape index (κ2) is 9.24. The van der Waals surface area contributed by atoms with E-state index in [2.05, 4.69) is 146 Å². The average Bonchev–Trinajstić information content (AvgIpc) is 3.66. The van der Waals surface area contributed by atoms with Gasteiger partial charge in [-0.2, -0.15) is 0 Å². The fraction of sp³-hybridized carbons (Fsp3) is 0. The SMILES string of the molecule is c1ccc(-c2c3ccccc3c(-c3ccc4sc5c(ccc6sc7c8ccccc8ccc7c65)c4c3)c3ccccc23)cc1. The monoisotopic (exact) mass is 592 g/mol. The van der Waals surface area contributed by atoms with Crippen molar-refractivity contribution in [2.75, 3.05) is 0 Å². The highest BCUT2D eigenvalue weighted by Crippen LogP contribution is 2.48. The second-order valence-corrected chi connectivity index (χ2v) is 13.7. The fourth-order valence-corrected chi connectivity index (χ4v) is 9.89. The molecule has 0 aliphatic rings. The Hall–Kier alpha value is -5.02. The van der Waals surface area contributed by atoms with Crippen LogP contribution >= 0.6 is 22.7 Å². The Morgan fingerprint density at radius 2 is 0.886 bits per heavy atom. The van der Waals surface area contributed by atoms with Crippen molar-refractivity contribution in [1.29, 1.82) is 0 Å². The van der Waals surface area contributed by atoms with E-state index >= 15 is 0 Å².